The van der Waals surface area contributed by atoms with Crippen molar-refractivity contribution >= 4 is 16.9 Å². The van der Waals surface area contributed by atoms with Crippen LogP contribution in [-0.4, -0.2) is 37.3 Å². The molecule has 0 aliphatic carbocycles. The normalized spacial score (nSPS) is 26.2. The Labute approximate surface area is 142 Å². The molecule has 2 bridgehead atoms. The Kier molecular flexibility index (Phi) is 4.43. The number of para-hydroxylation sites is 1. The van der Waals surface area contributed by atoms with Crippen molar-refractivity contribution in [2.75, 3.05) is 13.1 Å². The van der Waals surface area contributed by atoms with Gasteiger partial charge >= 0.3 is 0 Å². The number of hydrogen-bond acceptors (Lipinski definition) is 3. The highest BCUT2D eigenvalue weighted by Crippen LogP contribution is 2.34. The monoisotopic (exact) mass is 327 g/mol. The number of fused-ring (bicyclic) bond motifs is 3. The van der Waals surface area contributed by atoms with Crippen molar-refractivity contribution in [3.63, 3.8) is 0 Å². The largest absolute Gasteiger partial charge is 0.461 e. The van der Waals surface area contributed by atoms with E-state index in [-0.39, 0.29) is 0 Å². The van der Waals surface area contributed by atoms with Crippen molar-refractivity contribution in [3.8, 4) is 0 Å². The summed E-state index contributed by atoms with van der Waals surface area (Å²) in [6, 6.07) is 10.6. The van der Waals surface area contributed by atoms with Crippen molar-refractivity contribution < 1.29 is 9.15 Å². The molecule has 2 aliphatic rings. The SMILES string of the molecule is CCNC(=NCCc1cc2ccccc2o1)NC1CC2CCC1O2. The molecule has 0 spiro atoms. The third-order valence-corrected chi connectivity index (χ3v) is 4.88. The van der Waals surface area contributed by atoms with Gasteiger partial charge in [0, 0.05) is 24.9 Å². The molecular weight excluding hydrogens is 302 g/mol. The van der Waals surface area contributed by atoms with Crippen LogP contribution in [0.15, 0.2) is 39.7 Å². The summed E-state index contributed by atoms with van der Waals surface area (Å²) < 4.78 is 11.8. The minimum Gasteiger partial charge on any atom is -0.461 e. The maximum absolute atomic E-state index is 5.91. The molecule has 128 valence electrons. The van der Waals surface area contributed by atoms with Crippen LogP contribution in [-0.2, 0) is 11.2 Å². The first-order chi connectivity index (χ1) is 11.8. The van der Waals surface area contributed by atoms with E-state index in [0.717, 1.165) is 42.1 Å². The summed E-state index contributed by atoms with van der Waals surface area (Å²) in [5.74, 6) is 1.87. The number of aliphatic imine (C=N–C) groups is 1. The number of hydrogen-bond donors (Lipinski definition) is 2. The maximum Gasteiger partial charge on any atom is 0.191 e. The zero-order chi connectivity index (χ0) is 16.4. The lowest BCUT2D eigenvalue weighted by molar-refractivity contribution is 0.0992. The standard InChI is InChI=1S/C19H25N3O2/c1-2-20-19(22-16-12-14-7-8-18(16)24-14)21-10-9-15-11-13-5-3-4-6-17(13)23-15/h3-6,11,14,16,18H,2,7-10,12H2,1H3,(H2,20,21,22). The molecule has 2 fully saturated rings. The van der Waals surface area contributed by atoms with Gasteiger partial charge in [-0.2, -0.15) is 0 Å². The van der Waals surface area contributed by atoms with E-state index in [0.29, 0.717) is 24.8 Å². The van der Waals surface area contributed by atoms with Gasteiger partial charge in [-0.3, -0.25) is 4.99 Å². The van der Waals surface area contributed by atoms with E-state index in [1.807, 2.05) is 18.2 Å². The van der Waals surface area contributed by atoms with Crippen LogP contribution < -0.4 is 10.6 Å². The summed E-state index contributed by atoms with van der Waals surface area (Å²) in [5, 5.41) is 8.03. The molecule has 0 amide bonds. The summed E-state index contributed by atoms with van der Waals surface area (Å²) in [6.07, 6.45) is 5.08. The molecule has 1 aromatic carbocycles. The Morgan fingerprint density at radius 3 is 2.96 bits per heavy atom. The van der Waals surface area contributed by atoms with Crippen LogP contribution in [0.5, 0.6) is 0 Å². The van der Waals surface area contributed by atoms with Gasteiger partial charge in [0.1, 0.15) is 11.3 Å². The van der Waals surface area contributed by atoms with E-state index in [9.17, 15) is 0 Å². The van der Waals surface area contributed by atoms with Gasteiger partial charge in [-0.15, -0.1) is 0 Å². The van der Waals surface area contributed by atoms with Gasteiger partial charge in [-0.1, -0.05) is 18.2 Å². The van der Waals surface area contributed by atoms with Crippen molar-refractivity contribution in [1.29, 1.82) is 0 Å². The van der Waals surface area contributed by atoms with Crippen molar-refractivity contribution in [2.45, 2.75) is 50.9 Å². The highest BCUT2D eigenvalue weighted by molar-refractivity contribution is 5.80. The van der Waals surface area contributed by atoms with Gasteiger partial charge < -0.3 is 19.8 Å². The van der Waals surface area contributed by atoms with Crippen LogP contribution in [0.1, 0.15) is 31.9 Å². The van der Waals surface area contributed by atoms with Crippen LogP contribution in [0.2, 0.25) is 0 Å². The second kappa shape index (κ2) is 6.85. The zero-order valence-corrected chi connectivity index (χ0v) is 14.1. The van der Waals surface area contributed by atoms with E-state index in [4.69, 9.17) is 14.1 Å². The van der Waals surface area contributed by atoms with Crippen molar-refractivity contribution in [2.24, 2.45) is 4.99 Å². The topological polar surface area (TPSA) is 58.8 Å². The van der Waals surface area contributed by atoms with Crippen LogP contribution in [0.4, 0.5) is 0 Å². The number of guanidine groups is 1. The second-order valence-electron chi connectivity index (χ2n) is 6.62. The van der Waals surface area contributed by atoms with Gasteiger partial charge in [-0.25, -0.2) is 0 Å². The number of ether oxygens (including phenoxy) is 1. The summed E-state index contributed by atoms with van der Waals surface area (Å²) in [4.78, 5) is 4.70. The first kappa shape index (κ1) is 15.5. The molecule has 0 radical (unpaired) electrons. The molecular formula is C19H25N3O2. The van der Waals surface area contributed by atoms with E-state index < -0.39 is 0 Å². The summed E-state index contributed by atoms with van der Waals surface area (Å²) in [7, 11) is 0. The van der Waals surface area contributed by atoms with Crippen molar-refractivity contribution in [3.05, 3.63) is 36.1 Å². The smallest absolute Gasteiger partial charge is 0.191 e. The van der Waals surface area contributed by atoms with E-state index in [1.165, 1.54) is 12.8 Å². The molecule has 0 saturated carbocycles. The van der Waals surface area contributed by atoms with Crippen LogP contribution in [0.3, 0.4) is 0 Å². The zero-order valence-electron chi connectivity index (χ0n) is 14.1. The molecule has 3 unspecified atom stereocenters. The Balaban J connectivity index is 1.36. The minimum absolute atomic E-state index is 0.356. The summed E-state index contributed by atoms with van der Waals surface area (Å²) in [5.41, 5.74) is 0.945. The third kappa shape index (κ3) is 3.26. The Morgan fingerprint density at radius 1 is 1.29 bits per heavy atom. The molecule has 2 aromatic rings. The molecule has 4 rings (SSSR count). The average Bonchev–Trinajstić information content (AvgIpc) is 3.29. The average molecular weight is 327 g/mol. The predicted octanol–water partition coefficient (Wildman–Crippen LogP) is 2.85. The number of rotatable bonds is 5. The molecule has 2 aliphatic heterocycles. The van der Waals surface area contributed by atoms with Gasteiger partial charge in [0.25, 0.3) is 0 Å². The fourth-order valence-corrected chi connectivity index (χ4v) is 3.72. The molecule has 1 aromatic heterocycles. The molecule has 2 N–H and O–H groups in total. The van der Waals surface area contributed by atoms with Crippen LogP contribution in [0.25, 0.3) is 11.0 Å². The van der Waals surface area contributed by atoms with Crippen molar-refractivity contribution in [1.82, 2.24) is 10.6 Å². The summed E-state index contributed by atoms with van der Waals surface area (Å²) in [6.45, 7) is 3.66. The highest BCUT2D eigenvalue weighted by Gasteiger charge is 2.41. The first-order valence-corrected chi connectivity index (χ1v) is 8.99. The molecule has 3 heterocycles. The maximum atomic E-state index is 5.91. The number of benzene rings is 1. The summed E-state index contributed by atoms with van der Waals surface area (Å²) >= 11 is 0. The van der Waals surface area contributed by atoms with Crippen LogP contribution >= 0.6 is 0 Å². The number of furan rings is 1. The van der Waals surface area contributed by atoms with E-state index in [1.54, 1.807) is 0 Å². The van der Waals surface area contributed by atoms with Crippen LogP contribution in [0, 0.1) is 0 Å². The van der Waals surface area contributed by atoms with Gasteiger partial charge in [0.15, 0.2) is 5.96 Å². The minimum atomic E-state index is 0.356. The second-order valence-corrected chi connectivity index (χ2v) is 6.62. The Hall–Kier alpha value is -2.01. The third-order valence-electron chi connectivity index (χ3n) is 4.88. The number of nitrogens with one attached hydrogen (secondary N) is 2. The first-order valence-electron chi connectivity index (χ1n) is 8.99. The lowest BCUT2D eigenvalue weighted by Gasteiger charge is -2.22. The lowest BCUT2D eigenvalue weighted by Crippen LogP contribution is -2.47. The molecule has 2 saturated heterocycles. The van der Waals surface area contributed by atoms with E-state index >= 15 is 0 Å². The molecule has 5 nitrogen and oxygen atoms in total. The Bertz CT molecular complexity index is 691. The fraction of sp³-hybridized carbons (Fsp3) is 0.526. The predicted molar refractivity (Wildman–Crippen MR) is 95.3 cm³/mol. The lowest BCUT2D eigenvalue weighted by atomic mass is 9.96. The quantitative estimate of drug-likeness (QED) is 0.655. The highest BCUT2D eigenvalue weighted by atomic mass is 16.5. The Morgan fingerprint density at radius 2 is 2.21 bits per heavy atom. The molecule has 5 heteroatoms. The molecule has 3 atom stereocenters. The molecule has 24 heavy (non-hydrogen) atoms. The van der Waals surface area contributed by atoms with Gasteiger partial charge in [-0.05, 0) is 38.3 Å². The van der Waals surface area contributed by atoms with Gasteiger partial charge in [0.05, 0.1) is 18.2 Å². The van der Waals surface area contributed by atoms with E-state index in [2.05, 4.69) is 29.7 Å². The fourth-order valence-electron chi connectivity index (χ4n) is 3.72. The number of nitrogens with zero attached hydrogens (tertiary/aromatic N) is 1. The van der Waals surface area contributed by atoms with Gasteiger partial charge in [0.2, 0.25) is 0 Å².